The molecule has 2 aliphatic rings. The van der Waals surface area contributed by atoms with E-state index in [1.54, 1.807) is 0 Å². The van der Waals surface area contributed by atoms with Crippen molar-refractivity contribution in [3.63, 3.8) is 0 Å². The fourth-order valence-corrected chi connectivity index (χ4v) is 2.37. The molecule has 2 N–H and O–H groups in total. The third-order valence-electron chi connectivity index (χ3n) is 3.24. The zero-order valence-corrected chi connectivity index (χ0v) is 7.12. The van der Waals surface area contributed by atoms with Crippen LogP contribution in [0.4, 0.5) is 0 Å². The van der Waals surface area contributed by atoms with Crippen molar-refractivity contribution in [2.45, 2.75) is 32.1 Å². The van der Waals surface area contributed by atoms with E-state index in [2.05, 4.69) is 0 Å². The van der Waals surface area contributed by atoms with Crippen molar-refractivity contribution in [1.82, 2.24) is 0 Å². The van der Waals surface area contributed by atoms with E-state index in [0.29, 0.717) is 5.41 Å². The Bertz CT molecular complexity index is 126. The molecule has 2 aliphatic carbocycles. The van der Waals surface area contributed by atoms with E-state index >= 15 is 0 Å². The smallest absolute Gasteiger partial charge is 0.00178 e. The van der Waals surface area contributed by atoms with Crippen LogP contribution in [-0.2, 0) is 0 Å². The maximum absolute atomic E-state index is 5.68. The van der Waals surface area contributed by atoms with E-state index in [-0.39, 0.29) is 12.4 Å². The fraction of sp³-hybridized carbons (Fsp3) is 1.00. The Morgan fingerprint density at radius 2 is 2.20 bits per heavy atom. The monoisotopic (exact) mass is 161 g/mol. The topological polar surface area (TPSA) is 26.0 Å². The van der Waals surface area contributed by atoms with E-state index in [0.717, 1.165) is 12.5 Å². The normalized spacial score (nSPS) is 43.5. The highest BCUT2D eigenvalue weighted by Crippen LogP contribution is 2.60. The molecule has 0 spiro atoms. The van der Waals surface area contributed by atoms with Gasteiger partial charge in [0.1, 0.15) is 0 Å². The third kappa shape index (κ3) is 1.06. The van der Waals surface area contributed by atoms with Crippen molar-refractivity contribution in [2.75, 3.05) is 6.54 Å². The van der Waals surface area contributed by atoms with Crippen molar-refractivity contribution >= 4 is 12.4 Å². The Kier molecular flexibility index (Phi) is 2.26. The van der Waals surface area contributed by atoms with Crippen LogP contribution in [0.1, 0.15) is 32.1 Å². The predicted molar refractivity (Wildman–Crippen MR) is 45.3 cm³/mol. The van der Waals surface area contributed by atoms with Gasteiger partial charge in [0.2, 0.25) is 0 Å². The molecule has 0 radical (unpaired) electrons. The Hall–Kier alpha value is 0.250. The average Bonchev–Trinajstić information content (AvgIpc) is 2.62. The van der Waals surface area contributed by atoms with Crippen LogP contribution in [0.2, 0.25) is 0 Å². The summed E-state index contributed by atoms with van der Waals surface area (Å²) in [6.07, 6.45) is 7.25. The van der Waals surface area contributed by atoms with Crippen molar-refractivity contribution in [2.24, 2.45) is 17.1 Å². The average molecular weight is 162 g/mol. The number of hydrogen-bond acceptors (Lipinski definition) is 1. The van der Waals surface area contributed by atoms with Crippen LogP contribution in [0, 0.1) is 11.3 Å². The van der Waals surface area contributed by atoms with Gasteiger partial charge in [-0.05, 0) is 37.1 Å². The minimum absolute atomic E-state index is 0. The summed E-state index contributed by atoms with van der Waals surface area (Å²) in [7, 11) is 0. The van der Waals surface area contributed by atoms with E-state index in [9.17, 15) is 0 Å². The summed E-state index contributed by atoms with van der Waals surface area (Å²) < 4.78 is 0. The summed E-state index contributed by atoms with van der Waals surface area (Å²) in [6, 6.07) is 0. The number of fused-ring (bicyclic) bond motifs is 1. The summed E-state index contributed by atoms with van der Waals surface area (Å²) in [5.41, 5.74) is 6.34. The summed E-state index contributed by atoms with van der Waals surface area (Å²) >= 11 is 0. The summed E-state index contributed by atoms with van der Waals surface area (Å²) in [5, 5.41) is 0. The molecule has 2 saturated carbocycles. The van der Waals surface area contributed by atoms with E-state index in [1.807, 2.05) is 0 Å². The zero-order valence-electron chi connectivity index (χ0n) is 6.31. The molecule has 1 nitrogen and oxygen atoms in total. The number of nitrogens with two attached hydrogens (primary N) is 1. The lowest BCUT2D eigenvalue weighted by Crippen LogP contribution is -2.20. The number of hydrogen-bond donors (Lipinski definition) is 1. The molecule has 0 aromatic carbocycles. The van der Waals surface area contributed by atoms with Gasteiger partial charge >= 0.3 is 0 Å². The van der Waals surface area contributed by atoms with Crippen LogP contribution in [0.3, 0.4) is 0 Å². The highest BCUT2D eigenvalue weighted by atomic mass is 35.5. The Labute approximate surface area is 68.8 Å². The maximum atomic E-state index is 5.68. The molecule has 0 aliphatic heterocycles. The Morgan fingerprint density at radius 1 is 1.40 bits per heavy atom. The summed E-state index contributed by atoms with van der Waals surface area (Å²) in [5.74, 6) is 1.04. The third-order valence-corrected chi connectivity index (χ3v) is 3.24. The molecular weight excluding hydrogens is 146 g/mol. The van der Waals surface area contributed by atoms with E-state index < -0.39 is 0 Å². The van der Waals surface area contributed by atoms with Gasteiger partial charge in [0.15, 0.2) is 0 Å². The van der Waals surface area contributed by atoms with E-state index in [1.165, 1.54) is 32.1 Å². The highest BCUT2D eigenvalue weighted by molar-refractivity contribution is 5.85. The molecule has 0 amide bonds. The molecule has 2 atom stereocenters. The largest absolute Gasteiger partial charge is 0.330 e. The lowest BCUT2D eigenvalue weighted by molar-refractivity contribution is 0.346. The van der Waals surface area contributed by atoms with Crippen molar-refractivity contribution in [3.05, 3.63) is 0 Å². The van der Waals surface area contributed by atoms with Gasteiger partial charge in [-0.1, -0.05) is 12.8 Å². The van der Waals surface area contributed by atoms with Gasteiger partial charge in [-0.15, -0.1) is 12.4 Å². The molecule has 0 bridgehead atoms. The molecule has 2 fully saturated rings. The predicted octanol–water partition coefficient (Wildman–Crippen LogP) is 1.95. The highest BCUT2D eigenvalue weighted by Gasteiger charge is 2.53. The zero-order chi connectivity index (χ0) is 6.32. The first-order valence-electron chi connectivity index (χ1n) is 4.07. The quantitative estimate of drug-likeness (QED) is 0.625. The molecule has 60 valence electrons. The maximum Gasteiger partial charge on any atom is -0.00178 e. The van der Waals surface area contributed by atoms with Crippen LogP contribution in [0.5, 0.6) is 0 Å². The molecule has 2 unspecified atom stereocenters. The molecule has 10 heavy (non-hydrogen) atoms. The Morgan fingerprint density at radius 3 is 2.70 bits per heavy atom. The first kappa shape index (κ1) is 8.35. The summed E-state index contributed by atoms with van der Waals surface area (Å²) in [4.78, 5) is 0. The molecule has 0 aromatic heterocycles. The van der Waals surface area contributed by atoms with Gasteiger partial charge in [-0.3, -0.25) is 0 Å². The fourth-order valence-electron chi connectivity index (χ4n) is 2.37. The first-order valence-corrected chi connectivity index (χ1v) is 4.07. The molecule has 0 aromatic rings. The Balaban J connectivity index is 0.000000500. The standard InChI is InChI=1S/C8H15N.ClH/c9-6-8-4-2-1-3-7(8)5-8;/h7H,1-6,9H2;1H. The van der Waals surface area contributed by atoms with Crippen molar-refractivity contribution < 1.29 is 0 Å². The summed E-state index contributed by atoms with van der Waals surface area (Å²) in [6.45, 7) is 0.956. The van der Waals surface area contributed by atoms with Crippen molar-refractivity contribution in [3.8, 4) is 0 Å². The number of rotatable bonds is 1. The lowest BCUT2D eigenvalue weighted by atomic mass is 9.89. The second-order valence-electron chi connectivity index (χ2n) is 3.71. The van der Waals surface area contributed by atoms with Crippen LogP contribution < -0.4 is 5.73 Å². The lowest BCUT2D eigenvalue weighted by Gasteiger charge is -2.19. The second-order valence-corrected chi connectivity index (χ2v) is 3.71. The SMILES string of the molecule is Cl.NCC12CCCCC1C2. The molecule has 2 heteroatoms. The molecule has 2 rings (SSSR count). The van der Waals surface area contributed by atoms with Gasteiger partial charge in [-0.25, -0.2) is 0 Å². The van der Waals surface area contributed by atoms with Gasteiger partial charge < -0.3 is 5.73 Å². The minimum Gasteiger partial charge on any atom is -0.330 e. The molecule has 0 saturated heterocycles. The van der Waals surface area contributed by atoms with Crippen LogP contribution in [-0.4, -0.2) is 6.54 Å². The van der Waals surface area contributed by atoms with Crippen LogP contribution in [0.25, 0.3) is 0 Å². The second kappa shape index (κ2) is 2.71. The molecule has 0 heterocycles. The first-order chi connectivity index (χ1) is 4.37. The van der Waals surface area contributed by atoms with Gasteiger partial charge in [-0.2, -0.15) is 0 Å². The van der Waals surface area contributed by atoms with Crippen molar-refractivity contribution in [1.29, 1.82) is 0 Å². The van der Waals surface area contributed by atoms with Gasteiger partial charge in [0.05, 0.1) is 0 Å². The number of halogens is 1. The van der Waals surface area contributed by atoms with E-state index in [4.69, 9.17) is 5.73 Å². The van der Waals surface area contributed by atoms with Gasteiger partial charge in [0.25, 0.3) is 0 Å². The van der Waals surface area contributed by atoms with Gasteiger partial charge in [0, 0.05) is 0 Å². The molecular formula is C8H16ClN. The van der Waals surface area contributed by atoms with Crippen LogP contribution in [0.15, 0.2) is 0 Å². The van der Waals surface area contributed by atoms with Crippen LogP contribution >= 0.6 is 12.4 Å². The minimum atomic E-state index is 0.